The molecule has 3 rings (SSSR count). The molecule has 0 bridgehead atoms. The van der Waals surface area contributed by atoms with Gasteiger partial charge in [-0.05, 0) is 80.5 Å². The van der Waals surface area contributed by atoms with Crippen LogP contribution in [0.3, 0.4) is 0 Å². The molecule has 0 saturated heterocycles. The van der Waals surface area contributed by atoms with Crippen LogP contribution in [0.25, 0.3) is 6.08 Å². The molecule has 156 valence electrons. The molecule has 0 saturated carbocycles. The Balaban J connectivity index is 1.61. The summed E-state index contributed by atoms with van der Waals surface area (Å²) in [6, 6.07) is 9.67. The van der Waals surface area contributed by atoms with E-state index in [4.69, 9.17) is 4.74 Å². The van der Waals surface area contributed by atoms with Crippen molar-refractivity contribution in [2.24, 2.45) is 0 Å². The zero-order valence-electron chi connectivity index (χ0n) is 17.7. The molecule has 1 aliphatic rings. The number of amides is 1. The summed E-state index contributed by atoms with van der Waals surface area (Å²) < 4.78 is 7.22. The lowest BCUT2D eigenvalue weighted by atomic mass is 10.1. The Morgan fingerprint density at radius 3 is 2.73 bits per heavy atom. The summed E-state index contributed by atoms with van der Waals surface area (Å²) in [5, 5.41) is 12.1. The predicted octanol–water partition coefficient (Wildman–Crippen LogP) is 4.09. The number of aromatic nitrogens is 1. The minimum Gasteiger partial charge on any atom is -0.451 e. The monoisotopic (exact) mass is 405 g/mol. The van der Waals surface area contributed by atoms with Crippen LogP contribution in [0.1, 0.15) is 47.8 Å². The van der Waals surface area contributed by atoms with E-state index in [1.165, 1.54) is 17.2 Å². The first-order valence-corrected chi connectivity index (χ1v) is 10.3. The first-order valence-electron chi connectivity index (χ1n) is 10.3. The van der Waals surface area contributed by atoms with Gasteiger partial charge >= 0.3 is 5.97 Å². The van der Waals surface area contributed by atoms with E-state index in [1.807, 2.05) is 44.2 Å². The van der Waals surface area contributed by atoms with Crippen LogP contribution in [0.4, 0.5) is 5.69 Å². The molecule has 30 heavy (non-hydrogen) atoms. The Hall–Kier alpha value is -3.33. The number of carbonyl (C=O) groups excluding carboxylic acids is 2. The van der Waals surface area contributed by atoms with Gasteiger partial charge in [-0.15, -0.1) is 0 Å². The molecule has 2 aromatic rings. The van der Waals surface area contributed by atoms with Gasteiger partial charge in [0.2, 0.25) is 0 Å². The van der Waals surface area contributed by atoms with Crippen LogP contribution in [0, 0.1) is 25.2 Å². The molecule has 0 atom stereocenters. The fourth-order valence-electron chi connectivity index (χ4n) is 3.89. The van der Waals surface area contributed by atoms with E-state index in [-0.39, 0.29) is 5.57 Å². The van der Waals surface area contributed by atoms with Crippen molar-refractivity contribution in [2.45, 2.75) is 53.0 Å². The van der Waals surface area contributed by atoms with E-state index in [9.17, 15) is 14.9 Å². The highest BCUT2D eigenvalue weighted by atomic mass is 16.5. The van der Waals surface area contributed by atoms with Crippen LogP contribution in [-0.2, 0) is 33.7 Å². The number of ether oxygens (including phenoxy) is 1. The molecule has 6 heteroatoms. The quantitative estimate of drug-likeness (QED) is 0.427. The van der Waals surface area contributed by atoms with Gasteiger partial charge in [0, 0.05) is 23.6 Å². The SMILES string of the molecule is CCCn1c(C)cc(/C=C(\C#N)C(=O)OCC(=O)Nc2ccc3c(c2)CCC3)c1C. The Bertz CT molecular complexity index is 1040. The molecule has 1 N–H and O–H groups in total. The Kier molecular flexibility index (Phi) is 6.73. The number of rotatable bonds is 7. The van der Waals surface area contributed by atoms with Crippen LogP contribution >= 0.6 is 0 Å². The van der Waals surface area contributed by atoms with Crippen LogP contribution in [0.2, 0.25) is 0 Å². The zero-order chi connectivity index (χ0) is 21.7. The number of nitriles is 1. The Morgan fingerprint density at radius 1 is 1.23 bits per heavy atom. The molecule has 0 radical (unpaired) electrons. The van der Waals surface area contributed by atoms with Crippen molar-refractivity contribution < 1.29 is 14.3 Å². The fraction of sp³-hybridized carbons (Fsp3) is 0.375. The van der Waals surface area contributed by atoms with Gasteiger partial charge in [0.15, 0.2) is 6.61 Å². The maximum absolute atomic E-state index is 12.3. The number of nitrogens with zero attached hydrogens (tertiary/aromatic N) is 2. The number of hydrogen-bond acceptors (Lipinski definition) is 4. The van der Waals surface area contributed by atoms with Crippen molar-refractivity contribution in [1.82, 2.24) is 4.57 Å². The molecule has 1 amide bonds. The number of anilines is 1. The number of esters is 1. The van der Waals surface area contributed by atoms with Crippen molar-refractivity contribution in [1.29, 1.82) is 5.26 Å². The summed E-state index contributed by atoms with van der Waals surface area (Å²) in [5.74, 6) is -1.23. The molecule has 0 unspecified atom stereocenters. The van der Waals surface area contributed by atoms with Gasteiger partial charge in [-0.1, -0.05) is 13.0 Å². The maximum atomic E-state index is 12.3. The van der Waals surface area contributed by atoms with Crippen molar-refractivity contribution in [3.05, 3.63) is 57.9 Å². The first-order chi connectivity index (χ1) is 14.4. The largest absolute Gasteiger partial charge is 0.451 e. The number of benzene rings is 1. The van der Waals surface area contributed by atoms with E-state index < -0.39 is 18.5 Å². The molecule has 0 spiro atoms. The standard InChI is InChI=1S/C24H27N3O3/c1-4-10-27-16(2)11-20(17(27)3)12-21(14-25)24(29)30-15-23(28)26-22-9-8-18-6-5-7-19(18)13-22/h8-9,11-13H,4-7,10,15H2,1-3H3,(H,26,28)/b21-12+. The summed E-state index contributed by atoms with van der Waals surface area (Å²) in [4.78, 5) is 24.5. The summed E-state index contributed by atoms with van der Waals surface area (Å²) in [7, 11) is 0. The van der Waals surface area contributed by atoms with Crippen LogP contribution in [0.15, 0.2) is 29.8 Å². The van der Waals surface area contributed by atoms with E-state index in [0.29, 0.717) is 5.69 Å². The molecule has 1 aromatic carbocycles. The van der Waals surface area contributed by atoms with Crippen LogP contribution in [0.5, 0.6) is 0 Å². The molecule has 6 nitrogen and oxygen atoms in total. The minimum absolute atomic E-state index is 0.128. The molecule has 0 aliphatic heterocycles. The second-order valence-corrected chi connectivity index (χ2v) is 7.61. The average Bonchev–Trinajstić information content (AvgIpc) is 3.29. The topological polar surface area (TPSA) is 84.1 Å². The Labute approximate surface area is 177 Å². The third kappa shape index (κ3) is 4.80. The van der Waals surface area contributed by atoms with Gasteiger partial charge in [-0.3, -0.25) is 4.79 Å². The number of hydrogen-bond donors (Lipinski definition) is 1. The number of nitrogens with one attached hydrogen (secondary N) is 1. The van der Waals surface area contributed by atoms with Gasteiger partial charge in [0.25, 0.3) is 5.91 Å². The molecular weight excluding hydrogens is 378 g/mol. The number of fused-ring (bicyclic) bond motifs is 1. The van der Waals surface area contributed by atoms with Crippen molar-refractivity contribution in [3.8, 4) is 6.07 Å². The normalized spacial score (nSPS) is 12.9. The highest BCUT2D eigenvalue weighted by molar-refractivity contribution is 6.00. The van der Waals surface area contributed by atoms with Gasteiger partial charge in [0.05, 0.1) is 0 Å². The fourth-order valence-corrected chi connectivity index (χ4v) is 3.89. The number of carbonyl (C=O) groups is 2. The van der Waals surface area contributed by atoms with Gasteiger partial charge in [-0.25, -0.2) is 4.79 Å². The summed E-state index contributed by atoms with van der Waals surface area (Å²) >= 11 is 0. The van der Waals surface area contributed by atoms with E-state index in [2.05, 4.69) is 16.8 Å². The van der Waals surface area contributed by atoms with Crippen molar-refractivity contribution in [3.63, 3.8) is 0 Å². The summed E-state index contributed by atoms with van der Waals surface area (Å²) in [5.41, 5.74) is 6.00. The highest BCUT2D eigenvalue weighted by Crippen LogP contribution is 2.25. The predicted molar refractivity (Wildman–Crippen MR) is 116 cm³/mol. The van der Waals surface area contributed by atoms with Crippen molar-refractivity contribution in [2.75, 3.05) is 11.9 Å². The lowest BCUT2D eigenvalue weighted by Gasteiger charge is -2.08. The molecule has 1 aromatic heterocycles. The first kappa shape index (κ1) is 21.4. The average molecular weight is 405 g/mol. The van der Waals surface area contributed by atoms with Gasteiger partial charge in [-0.2, -0.15) is 5.26 Å². The second-order valence-electron chi connectivity index (χ2n) is 7.61. The molecule has 1 heterocycles. The van der Waals surface area contributed by atoms with Crippen molar-refractivity contribution >= 4 is 23.6 Å². The van der Waals surface area contributed by atoms with Gasteiger partial charge in [0.1, 0.15) is 11.6 Å². The van der Waals surface area contributed by atoms with Crippen LogP contribution < -0.4 is 5.32 Å². The Morgan fingerprint density at radius 2 is 2.00 bits per heavy atom. The molecule has 1 aliphatic carbocycles. The van der Waals surface area contributed by atoms with E-state index in [0.717, 1.165) is 49.2 Å². The van der Waals surface area contributed by atoms with Gasteiger partial charge < -0.3 is 14.6 Å². The minimum atomic E-state index is -0.804. The second kappa shape index (κ2) is 9.45. The smallest absolute Gasteiger partial charge is 0.349 e. The lowest BCUT2D eigenvalue weighted by molar-refractivity contribution is -0.142. The number of aryl methyl sites for hydroxylation is 3. The zero-order valence-corrected chi connectivity index (χ0v) is 17.7. The highest BCUT2D eigenvalue weighted by Gasteiger charge is 2.16. The van der Waals surface area contributed by atoms with Crippen LogP contribution in [-0.4, -0.2) is 23.1 Å². The van der Waals surface area contributed by atoms with E-state index >= 15 is 0 Å². The molecule has 0 fully saturated rings. The molecular formula is C24H27N3O3. The lowest BCUT2D eigenvalue weighted by Crippen LogP contribution is -2.21. The maximum Gasteiger partial charge on any atom is 0.349 e. The summed E-state index contributed by atoms with van der Waals surface area (Å²) in [6.07, 6.45) is 5.74. The van der Waals surface area contributed by atoms with E-state index in [1.54, 1.807) is 0 Å². The third-order valence-electron chi connectivity index (χ3n) is 5.42. The summed E-state index contributed by atoms with van der Waals surface area (Å²) in [6.45, 7) is 6.48. The third-order valence-corrected chi connectivity index (χ3v) is 5.42.